The molecule has 98 valence electrons. The van der Waals surface area contributed by atoms with E-state index < -0.39 is 0 Å². The van der Waals surface area contributed by atoms with Gasteiger partial charge in [-0.3, -0.25) is 4.79 Å². The Balaban J connectivity index is 1.71. The molecule has 0 atom stereocenters. The highest BCUT2D eigenvalue weighted by Gasteiger charge is 2.20. The Bertz CT molecular complexity index is 380. The van der Waals surface area contributed by atoms with E-state index in [-0.39, 0.29) is 0 Å². The second-order valence-electron chi connectivity index (χ2n) is 4.85. The lowest BCUT2D eigenvalue weighted by molar-refractivity contribution is -0.124. The van der Waals surface area contributed by atoms with Gasteiger partial charge >= 0.3 is 0 Å². The van der Waals surface area contributed by atoms with Crippen LogP contribution in [0.2, 0.25) is 0 Å². The van der Waals surface area contributed by atoms with Crippen molar-refractivity contribution in [3.05, 3.63) is 28.7 Å². The Morgan fingerprint density at radius 2 is 1.83 bits per heavy atom. The van der Waals surface area contributed by atoms with Gasteiger partial charge in [0, 0.05) is 16.8 Å². The van der Waals surface area contributed by atoms with Crippen LogP contribution in [-0.2, 0) is 4.79 Å². The highest BCUT2D eigenvalue weighted by molar-refractivity contribution is 9.10. The fourth-order valence-corrected chi connectivity index (χ4v) is 2.69. The van der Waals surface area contributed by atoms with Gasteiger partial charge in [0.2, 0.25) is 0 Å². The molecule has 0 saturated heterocycles. The van der Waals surface area contributed by atoms with Crippen LogP contribution < -0.4 is 4.74 Å². The van der Waals surface area contributed by atoms with Crippen molar-refractivity contribution in [2.24, 2.45) is 5.92 Å². The van der Waals surface area contributed by atoms with E-state index in [2.05, 4.69) is 15.9 Å². The maximum absolute atomic E-state index is 12.0. The summed E-state index contributed by atoms with van der Waals surface area (Å²) in [6, 6.07) is 7.71. The first kappa shape index (κ1) is 13.6. The molecule has 0 spiro atoms. The number of hydrogen-bond acceptors (Lipinski definition) is 2. The molecule has 1 aromatic carbocycles. The Hall–Kier alpha value is -0.830. The second kappa shape index (κ2) is 6.93. The lowest BCUT2D eigenvalue weighted by Gasteiger charge is -2.20. The summed E-state index contributed by atoms with van der Waals surface area (Å²) in [5.74, 6) is 1.51. The fourth-order valence-electron chi connectivity index (χ4n) is 2.43. The number of rotatable bonds is 5. The monoisotopic (exact) mass is 310 g/mol. The number of carbonyl (C=O) groups excluding carboxylic acids is 1. The number of ether oxygens (including phenoxy) is 1. The quantitative estimate of drug-likeness (QED) is 0.807. The van der Waals surface area contributed by atoms with Gasteiger partial charge in [-0.15, -0.1) is 0 Å². The summed E-state index contributed by atoms with van der Waals surface area (Å²) < 4.78 is 6.62. The van der Waals surface area contributed by atoms with E-state index in [0.29, 0.717) is 24.7 Å². The van der Waals surface area contributed by atoms with Crippen LogP contribution in [0.5, 0.6) is 5.75 Å². The molecule has 1 aliphatic carbocycles. The number of Topliss-reactive ketones (excluding diaryl/α,β-unsaturated/α-hetero) is 1. The topological polar surface area (TPSA) is 26.3 Å². The summed E-state index contributed by atoms with van der Waals surface area (Å²) in [6.07, 6.45) is 6.42. The van der Waals surface area contributed by atoms with Crippen molar-refractivity contribution in [2.45, 2.75) is 38.5 Å². The van der Waals surface area contributed by atoms with Crippen LogP contribution in [0.4, 0.5) is 0 Å². The molecule has 0 unspecified atom stereocenters. The van der Waals surface area contributed by atoms with E-state index in [1.54, 1.807) is 0 Å². The number of hydrogen-bond donors (Lipinski definition) is 0. The van der Waals surface area contributed by atoms with Crippen LogP contribution in [0.3, 0.4) is 0 Å². The van der Waals surface area contributed by atoms with Crippen LogP contribution >= 0.6 is 15.9 Å². The second-order valence-corrected chi connectivity index (χ2v) is 5.77. The molecule has 3 heteroatoms. The first-order valence-corrected chi connectivity index (χ1v) is 7.46. The van der Waals surface area contributed by atoms with E-state index in [9.17, 15) is 4.79 Å². The van der Waals surface area contributed by atoms with Crippen molar-refractivity contribution < 1.29 is 9.53 Å². The van der Waals surface area contributed by atoms with E-state index in [1.165, 1.54) is 19.3 Å². The van der Waals surface area contributed by atoms with Crippen LogP contribution in [0.25, 0.3) is 0 Å². The third kappa shape index (κ3) is 4.13. The first-order valence-electron chi connectivity index (χ1n) is 6.67. The lowest BCUT2D eigenvalue weighted by Crippen LogP contribution is -2.19. The summed E-state index contributed by atoms with van der Waals surface area (Å²) in [6.45, 7) is 0.497. The van der Waals surface area contributed by atoms with Gasteiger partial charge in [-0.25, -0.2) is 0 Å². The number of ketones is 1. The standard InChI is InChI=1S/C15H19BrO2/c16-13-6-8-14(9-7-13)18-11-10-15(17)12-4-2-1-3-5-12/h6-9,12H,1-5,10-11H2. The van der Waals surface area contributed by atoms with Gasteiger partial charge in [0.25, 0.3) is 0 Å². The molecule has 0 aliphatic heterocycles. The molecule has 1 aromatic rings. The molecule has 2 rings (SSSR count). The van der Waals surface area contributed by atoms with Crippen LogP contribution in [-0.4, -0.2) is 12.4 Å². The minimum absolute atomic E-state index is 0.298. The van der Waals surface area contributed by atoms with Gasteiger partial charge in [0.05, 0.1) is 6.61 Å². The molecular weight excluding hydrogens is 292 g/mol. The SMILES string of the molecule is O=C(CCOc1ccc(Br)cc1)C1CCCCC1. The average molecular weight is 311 g/mol. The molecule has 0 aromatic heterocycles. The van der Waals surface area contributed by atoms with Crippen LogP contribution in [0, 0.1) is 5.92 Å². The molecule has 0 amide bonds. The summed E-state index contributed by atoms with van der Waals surface area (Å²) in [5, 5.41) is 0. The van der Waals surface area contributed by atoms with E-state index in [0.717, 1.165) is 23.1 Å². The van der Waals surface area contributed by atoms with E-state index in [4.69, 9.17) is 4.74 Å². The van der Waals surface area contributed by atoms with Gasteiger partial charge < -0.3 is 4.74 Å². The number of carbonyl (C=O) groups is 1. The summed E-state index contributed by atoms with van der Waals surface area (Å²) >= 11 is 3.38. The molecule has 0 heterocycles. The Morgan fingerprint density at radius 1 is 1.17 bits per heavy atom. The maximum Gasteiger partial charge on any atom is 0.139 e. The zero-order chi connectivity index (χ0) is 12.8. The highest BCUT2D eigenvalue weighted by atomic mass is 79.9. The molecule has 2 nitrogen and oxygen atoms in total. The van der Waals surface area contributed by atoms with Crippen molar-refractivity contribution in [3.63, 3.8) is 0 Å². The zero-order valence-electron chi connectivity index (χ0n) is 10.5. The highest BCUT2D eigenvalue weighted by Crippen LogP contribution is 2.25. The minimum atomic E-state index is 0.298. The van der Waals surface area contributed by atoms with Gasteiger partial charge in [-0.1, -0.05) is 35.2 Å². The van der Waals surface area contributed by atoms with Gasteiger partial charge in [-0.2, -0.15) is 0 Å². The van der Waals surface area contributed by atoms with Gasteiger partial charge in [0.15, 0.2) is 0 Å². The summed E-state index contributed by atoms with van der Waals surface area (Å²) in [4.78, 5) is 12.0. The third-order valence-electron chi connectivity index (χ3n) is 3.49. The molecule has 18 heavy (non-hydrogen) atoms. The predicted octanol–water partition coefficient (Wildman–Crippen LogP) is 4.37. The maximum atomic E-state index is 12.0. The Morgan fingerprint density at radius 3 is 2.50 bits per heavy atom. The third-order valence-corrected chi connectivity index (χ3v) is 4.02. The Kier molecular flexibility index (Phi) is 5.24. The number of halogens is 1. The fraction of sp³-hybridized carbons (Fsp3) is 0.533. The smallest absolute Gasteiger partial charge is 0.139 e. The van der Waals surface area contributed by atoms with Crippen molar-refractivity contribution in [1.29, 1.82) is 0 Å². The van der Waals surface area contributed by atoms with Crippen LogP contribution in [0.15, 0.2) is 28.7 Å². The zero-order valence-corrected chi connectivity index (χ0v) is 12.1. The first-order chi connectivity index (χ1) is 8.75. The van der Waals surface area contributed by atoms with Crippen molar-refractivity contribution in [3.8, 4) is 5.75 Å². The van der Waals surface area contributed by atoms with Gasteiger partial charge in [-0.05, 0) is 37.1 Å². The van der Waals surface area contributed by atoms with Crippen molar-refractivity contribution >= 4 is 21.7 Å². The van der Waals surface area contributed by atoms with Gasteiger partial charge in [0.1, 0.15) is 11.5 Å². The van der Waals surface area contributed by atoms with Crippen molar-refractivity contribution in [2.75, 3.05) is 6.61 Å². The molecule has 1 saturated carbocycles. The summed E-state index contributed by atoms with van der Waals surface area (Å²) in [5.41, 5.74) is 0. The normalized spacial score (nSPS) is 16.5. The molecule has 0 radical (unpaired) electrons. The van der Waals surface area contributed by atoms with E-state index in [1.807, 2.05) is 24.3 Å². The van der Waals surface area contributed by atoms with E-state index >= 15 is 0 Å². The van der Waals surface area contributed by atoms with Crippen molar-refractivity contribution in [1.82, 2.24) is 0 Å². The number of benzene rings is 1. The molecule has 0 N–H and O–H groups in total. The predicted molar refractivity (Wildman–Crippen MR) is 75.8 cm³/mol. The minimum Gasteiger partial charge on any atom is -0.493 e. The molecule has 1 fully saturated rings. The molecule has 1 aliphatic rings. The Labute approximate surface area is 117 Å². The largest absolute Gasteiger partial charge is 0.493 e. The average Bonchev–Trinajstić information content (AvgIpc) is 2.42. The lowest BCUT2D eigenvalue weighted by atomic mass is 9.85. The molecule has 0 bridgehead atoms. The summed E-state index contributed by atoms with van der Waals surface area (Å²) in [7, 11) is 0. The van der Waals surface area contributed by atoms with Crippen LogP contribution in [0.1, 0.15) is 38.5 Å². The molecular formula is C15H19BrO2.